The number of carbonyl (C=O) groups excluding carboxylic acids is 1. The van der Waals surface area contributed by atoms with Crippen LogP contribution in [0.15, 0.2) is 18.2 Å². The molecule has 5 nitrogen and oxygen atoms in total. The van der Waals surface area contributed by atoms with Gasteiger partial charge < -0.3 is 19.1 Å². The Bertz CT molecular complexity index is 516. The van der Waals surface area contributed by atoms with Gasteiger partial charge in [-0.05, 0) is 45.4 Å². The smallest absolute Gasteiger partial charge is 0.254 e. The van der Waals surface area contributed by atoms with Crippen LogP contribution in [0.25, 0.3) is 0 Å². The molecule has 0 aliphatic rings. The van der Waals surface area contributed by atoms with Crippen molar-refractivity contribution in [2.75, 3.05) is 27.4 Å². The summed E-state index contributed by atoms with van der Waals surface area (Å²) in [6, 6.07) is 5.67. The fraction of sp³-hybridized carbons (Fsp3) is 0.632. The molecule has 0 aliphatic carbocycles. The van der Waals surface area contributed by atoms with Gasteiger partial charge in [0.25, 0.3) is 5.91 Å². The molecule has 0 fully saturated rings. The van der Waals surface area contributed by atoms with E-state index in [1.807, 2.05) is 18.7 Å². The van der Waals surface area contributed by atoms with Crippen LogP contribution in [0.3, 0.4) is 0 Å². The largest absolute Gasteiger partial charge is 0.493 e. The first-order chi connectivity index (χ1) is 11.5. The van der Waals surface area contributed by atoms with Gasteiger partial charge in [-0.25, -0.2) is 0 Å². The second-order valence-corrected chi connectivity index (χ2v) is 6.12. The van der Waals surface area contributed by atoms with Crippen molar-refractivity contribution in [2.45, 2.75) is 52.6 Å². The maximum absolute atomic E-state index is 12.9. The predicted molar refractivity (Wildman–Crippen MR) is 96.0 cm³/mol. The lowest BCUT2D eigenvalue weighted by Crippen LogP contribution is -2.43. The summed E-state index contributed by atoms with van der Waals surface area (Å²) in [6.07, 6.45) is 1.70. The molecule has 1 atom stereocenters. The van der Waals surface area contributed by atoms with Gasteiger partial charge in [0.1, 0.15) is 0 Å². The maximum Gasteiger partial charge on any atom is 0.254 e. The van der Waals surface area contributed by atoms with Crippen LogP contribution in [-0.2, 0) is 4.74 Å². The van der Waals surface area contributed by atoms with Gasteiger partial charge in [0.15, 0.2) is 11.5 Å². The highest BCUT2D eigenvalue weighted by Gasteiger charge is 2.24. The topological polar surface area (TPSA) is 48.0 Å². The Morgan fingerprint density at radius 2 is 1.83 bits per heavy atom. The van der Waals surface area contributed by atoms with Crippen molar-refractivity contribution in [3.63, 3.8) is 0 Å². The van der Waals surface area contributed by atoms with Crippen molar-refractivity contribution >= 4 is 5.91 Å². The van der Waals surface area contributed by atoms with Gasteiger partial charge >= 0.3 is 0 Å². The number of methoxy groups -OCH3 is 2. The molecule has 1 amide bonds. The van der Waals surface area contributed by atoms with Gasteiger partial charge in [0.2, 0.25) is 0 Å². The van der Waals surface area contributed by atoms with Crippen molar-refractivity contribution < 1.29 is 19.0 Å². The Labute approximate surface area is 145 Å². The number of amides is 1. The van der Waals surface area contributed by atoms with Gasteiger partial charge in [-0.3, -0.25) is 4.79 Å². The van der Waals surface area contributed by atoms with Crippen LogP contribution >= 0.6 is 0 Å². The average Bonchev–Trinajstić information content (AvgIpc) is 2.58. The zero-order chi connectivity index (χ0) is 18.1. The second-order valence-electron chi connectivity index (χ2n) is 6.12. The third-order valence-electron chi connectivity index (χ3n) is 4.02. The zero-order valence-corrected chi connectivity index (χ0v) is 15.8. The monoisotopic (exact) mass is 337 g/mol. The molecule has 0 aromatic heterocycles. The van der Waals surface area contributed by atoms with Crippen LogP contribution in [0.1, 0.15) is 50.9 Å². The highest BCUT2D eigenvalue weighted by Crippen LogP contribution is 2.29. The minimum Gasteiger partial charge on any atom is -0.493 e. The van der Waals surface area contributed by atoms with E-state index in [2.05, 4.69) is 13.8 Å². The quantitative estimate of drug-likeness (QED) is 0.610. The Hall–Kier alpha value is -1.75. The third-order valence-corrected chi connectivity index (χ3v) is 4.02. The summed E-state index contributed by atoms with van der Waals surface area (Å²) in [4.78, 5) is 14.8. The standard InChI is InChI=1S/C19H31NO4/c1-7-15(4)20(14(2)3)19(21)16-9-10-17(23-6)18(13-16)24-12-8-11-22-5/h9-10,13-15H,7-8,11-12H2,1-6H3. The van der Waals surface area contributed by atoms with Gasteiger partial charge in [-0.2, -0.15) is 0 Å². The molecule has 1 rings (SSSR count). The van der Waals surface area contributed by atoms with Crippen molar-refractivity contribution in [3.05, 3.63) is 23.8 Å². The van der Waals surface area contributed by atoms with Crippen LogP contribution < -0.4 is 9.47 Å². The van der Waals surface area contributed by atoms with Gasteiger partial charge in [-0.1, -0.05) is 6.92 Å². The molecule has 1 aromatic rings. The van der Waals surface area contributed by atoms with Crippen molar-refractivity contribution in [1.82, 2.24) is 4.90 Å². The minimum atomic E-state index is 0.0174. The molecule has 0 heterocycles. The Balaban J connectivity index is 2.99. The molecule has 0 saturated carbocycles. The minimum absolute atomic E-state index is 0.0174. The summed E-state index contributed by atoms with van der Waals surface area (Å²) in [5.41, 5.74) is 0.617. The van der Waals surface area contributed by atoms with E-state index in [1.54, 1.807) is 32.4 Å². The maximum atomic E-state index is 12.9. The van der Waals surface area contributed by atoms with E-state index in [9.17, 15) is 4.79 Å². The zero-order valence-electron chi connectivity index (χ0n) is 15.8. The molecule has 0 bridgehead atoms. The van der Waals surface area contributed by atoms with E-state index >= 15 is 0 Å². The molecule has 5 heteroatoms. The fourth-order valence-electron chi connectivity index (χ4n) is 2.60. The lowest BCUT2D eigenvalue weighted by Gasteiger charge is -2.32. The molecule has 0 spiro atoms. The van der Waals surface area contributed by atoms with Gasteiger partial charge in [0.05, 0.1) is 13.7 Å². The Morgan fingerprint density at radius 3 is 2.38 bits per heavy atom. The molecule has 0 aliphatic heterocycles. The van der Waals surface area contributed by atoms with Crippen molar-refractivity contribution in [3.8, 4) is 11.5 Å². The Morgan fingerprint density at radius 1 is 1.12 bits per heavy atom. The summed E-state index contributed by atoms with van der Waals surface area (Å²) >= 11 is 0. The number of hydrogen-bond donors (Lipinski definition) is 0. The first-order valence-corrected chi connectivity index (χ1v) is 8.58. The average molecular weight is 337 g/mol. The number of nitrogens with zero attached hydrogens (tertiary/aromatic N) is 1. The summed E-state index contributed by atoms with van der Waals surface area (Å²) in [7, 11) is 3.26. The number of rotatable bonds is 10. The first-order valence-electron chi connectivity index (χ1n) is 8.58. The molecule has 1 aromatic carbocycles. The van der Waals surface area contributed by atoms with Crippen LogP contribution in [0.4, 0.5) is 0 Å². The number of carbonyl (C=O) groups is 1. The van der Waals surface area contributed by atoms with E-state index in [4.69, 9.17) is 14.2 Å². The van der Waals surface area contributed by atoms with E-state index in [-0.39, 0.29) is 18.0 Å². The summed E-state index contributed by atoms with van der Waals surface area (Å²) in [5.74, 6) is 1.24. The van der Waals surface area contributed by atoms with Crippen molar-refractivity contribution in [1.29, 1.82) is 0 Å². The molecule has 1 unspecified atom stereocenters. The first kappa shape index (κ1) is 20.3. The van der Waals surface area contributed by atoms with Crippen LogP contribution in [0, 0.1) is 0 Å². The van der Waals surface area contributed by atoms with Crippen LogP contribution in [0.2, 0.25) is 0 Å². The normalized spacial score (nSPS) is 12.1. The molecule has 136 valence electrons. The van der Waals surface area contributed by atoms with E-state index in [1.165, 1.54) is 0 Å². The molecule has 0 saturated heterocycles. The molecule has 24 heavy (non-hydrogen) atoms. The molecule has 0 N–H and O–H groups in total. The van der Waals surface area contributed by atoms with E-state index in [0.29, 0.717) is 30.3 Å². The molecular formula is C19H31NO4. The summed E-state index contributed by atoms with van der Waals surface area (Å²) < 4.78 is 16.1. The third kappa shape index (κ3) is 5.41. The van der Waals surface area contributed by atoms with E-state index in [0.717, 1.165) is 12.8 Å². The summed E-state index contributed by atoms with van der Waals surface area (Å²) in [6.45, 7) is 9.39. The summed E-state index contributed by atoms with van der Waals surface area (Å²) in [5, 5.41) is 0. The Kier molecular flexibility index (Phi) is 8.61. The fourth-order valence-corrected chi connectivity index (χ4v) is 2.60. The van der Waals surface area contributed by atoms with Crippen LogP contribution in [-0.4, -0.2) is 50.3 Å². The molecular weight excluding hydrogens is 306 g/mol. The highest BCUT2D eigenvalue weighted by molar-refractivity contribution is 5.95. The SMILES string of the molecule is CCC(C)N(C(=O)c1ccc(OC)c(OCCCOC)c1)C(C)C. The van der Waals surface area contributed by atoms with Crippen molar-refractivity contribution in [2.24, 2.45) is 0 Å². The predicted octanol–water partition coefficient (Wildman–Crippen LogP) is 3.76. The second kappa shape index (κ2) is 10.2. The lowest BCUT2D eigenvalue weighted by atomic mass is 10.1. The lowest BCUT2D eigenvalue weighted by molar-refractivity contribution is 0.0621. The number of hydrogen-bond acceptors (Lipinski definition) is 4. The highest BCUT2D eigenvalue weighted by atomic mass is 16.5. The number of ether oxygens (including phenoxy) is 3. The van der Waals surface area contributed by atoms with Gasteiger partial charge in [-0.15, -0.1) is 0 Å². The van der Waals surface area contributed by atoms with E-state index < -0.39 is 0 Å². The van der Waals surface area contributed by atoms with Gasteiger partial charge in [0, 0.05) is 37.8 Å². The number of benzene rings is 1. The molecule has 0 radical (unpaired) electrons. The van der Waals surface area contributed by atoms with Crippen LogP contribution in [0.5, 0.6) is 11.5 Å².